The predicted octanol–water partition coefficient (Wildman–Crippen LogP) is 2.92. The lowest BCUT2D eigenvalue weighted by Crippen LogP contribution is -2.29. The Morgan fingerprint density at radius 1 is 0.944 bits per heavy atom. The van der Waals surface area contributed by atoms with Crippen LogP contribution in [0.2, 0.25) is 0 Å². The lowest BCUT2D eigenvalue weighted by molar-refractivity contribution is -0.138. The van der Waals surface area contributed by atoms with E-state index < -0.39 is 17.3 Å². The number of hydrogen-bond acceptors (Lipinski definition) is 3. The molecule has 0 unspecified atom stereocenters. The molecule has 0 aliphatic heterocycles. The van der Waals surface area contributed by atoms with Crippen molar-refractivity contribution in [2.75, 3.05) is 14.2 Å². The molecule has 0 atom stereocenters. The van der Waals surface area contributed by atoms with Crippen molar-refractivity contribution in [3.05, 3.63) is 23.3 Å². The Hall–Kier alpha value is -1.43. The minimum Gasteiger partial charge on any atom is -0.492 e. The summed E-state index contributed by atoms with van der Waals surface area (Å²) in [5, 5.41) is 0. The van der Waals surface area contributed by atoms with E-state index in [1.165, 1.54) is 20.3 Å². The molecule has 0 bridgehead atoms. The van der Waals surface area contributed by atoms with Gasteiger partial charge in [0.2, 0.25) is 0 Å². The van der Waals surface area contributed by atoms with E-state index in [4.69, 9.17) is 15.2 Å². The fourth-order valence-corrected chi connectivity index (χ4v) is 1.70. The van der Waals surface area contributed by atoms with Gasteiger partial charge in [-0.15, -0.1) is 0 Å². The number of rotatable bonds is 3. The average Bonchev–Trinajstić information content (AvgIpc) is 2.24. The Balaban J connectivity index is 3.57. The molecule has 0 saturated carbocycles. The molecule has 18 heavy (non-hydrogen) atoms. The zero-order valence-corrected chi connectivity index (χ0v) is 10.7. The fraction of sp³-hybridized carbons (Fsp3) is 0.500. The van der Waals surface area contributed by atoms with E-state index in [2.05, 4.69) is 0 Å². The molecule has 102 valence electrons. The second-order valence-corrected chi connectivity index (χ2v) is 4.45. The maximum Gasteiger partial charge on any atom is 0.420 e. The Bertz CT molecular complexity index is 395. The first-order valence-corrected chi connectivity index (χ1v) is 5.24. The van der Waals surface area contributed by atoms with Crippen LogP contribution in [-0.4, -0.2) is 14.2 Å². The molecule has 0 aliphatic carbocycles. The van der Waals surface area contributed by atoms with Crippen LogP contribution < -0.4 is 15.2 Å². The third kappa shape index (κ3) is 2.69. The van der Waals surface area contributed by atoms with E-state index in [1.54, 1.807) is 13.8 Å². The summed E-state index contributed by atoms with van der Waals surface area (Å²) in [7, 11) is 2.45. The molecule has 0 aliphatic rings. The highest BCUT2D eigenvalue weighted by molar-refractivity contribution is 5.55. The van der Waals surface area contributed by atoms with Crippen molar-refractivity contribution in [3.63, 3.8) is 0 Å². The second kappa shape index (κ2) is 4.68. The van der Waals surface area contributed by atoms with Crippen LogP contribution in [0.25, 0.3) is 0 Å². The third-order valence-electron chi connectivity index (χ3n) is 2.52. The van der Waals surface area contributed by atoms with Crippen LogP contribution in [0, 0.1) is 0 Å². The van der Waals surface area contributed by atoms with Gasteiger partial charge < -0.3 is 15.2 Å². The van der Waals surface area contributed by atoms with E-state index >= 15 is 0 Å². The molecule has 0 radical (unpaired) electrons. The van der Waals surface area contributed by atoms with Crippen molar-refractivity contribution in [1.82, 2.24) is 0 Å². The second-order valence-electron chi connectivity index (χ2n) is 4.45. The van der Waals surface area contributed by atoms with Gasteiger partial charge in [0.1, 0.15) is 5.56 Å². The Kier molecular flexibility index (Phi) is 3.81. The van der Waals surface area contributed by atoms with Gasteiger partial charge in [0, 0.05) is 11.1 Å². The predicted molar refractivity (Wildman–Crippen MR) is 61.8 cm³/mol. The molecule has 1 rings (SSSR count). The molecule has 3 nitrogen and oxygen atoms in total. The van der Waals surface area contributed by atoms with Crippen LogP contribution in [0.3, 0.4) is 0 Å². The first kappa shape index (κ1) is 14.6. The Morgan fingerprint density at radius 2 is 1.33 bits per heavy atom. The summed E-state index contributed by atoms with van der Waals surface area (Å²) in [6.45, 7) is 3.36. The standard InChI is InChI=1S/C12H16F3NO2/c1-11(2,16)7-5-6-8(12(13,14)15)10(18-4)9(7)17-3/h5-6H,16H2,1-4H3. The highest BCUT2D eigenvalue weighted by Crippen LogP contribution is 2.45. The zero-order valence-electron chi connectivity index (χ0n) is 10.7. The molecule has 0 saturated heterocycles. The van der Waals surface area contributed by atoms with Gasteiger partial charge in [0.15, 0.2) is 11.5 Å². The van der Waals surface area contributed by atoms with Crippen molar-refractivity contribution in [1.29, 1.82) is 0 Å². The largest absolute Gasteiger partial charge is 0.492 e. The van der Waals surface area contributed by atoms with Gasteiger partial charge in [-0.1, -0.05) is 6.07 Å². The lowest BCUT2D eigenvalue weighted by atomic mass is 9.92. The summed E-state index contributed by atoms with van der Waals surface area (Å²) < 4.78 is 48.3. The van der Waals surface area contributed by atoms with E-state index in [0.29, 0.717) is 5.56 Å². The molecular weight excluding hydrogens is 247 g/mol. The van der Waals surface area contributed by atoms with Crippen molar-refractivity contribution in [3.8, 4) is 11.5 Å². The average molecular weight is 263 g/mol. The first-order chi connectivity index (χ1) is 8.12. The van der Waals surface area contributed by atoms with Crippen molar-refractivity contribution in [2.45, 2.75) is 25.6 Å². The van der Waals surface area contributed by atoms with E-state index in [0.717, 1.165) is 6.07 Å². The molecule has 0 spiro atoms. The number of halogens is 3. The summed E-state index contributed by atoms with van der Waals surface area (Å²) in [6, 6.07) is 2.26. The number of nitrogens with two attached hydrogens (primary N) is 1. The van der Waals surface area contributed by atoms with Crippen LogP contribution in [-0.2, 0) is 11.7 Å². The van der Waals surface area contributed by atoms with E-state index in [9.17, 15) is 13.2 Å². The van der Waals surface area contributed by atoms with Gasteiger partial charge >= 0.3 is 6.18 Å². The summed E-state index contributed by atoms with van der Waals surface area (Å²) >= 11 is 0. The van der Waals surface area contributed by atoms with Crippen molar-refractivity contribution >= 4 is 0 Å². The van der Waals surface area contributed by atoms with Gasteiger partial charge in [0.05, 0.1) is 14.2 Å². The minimum atomic E-state index is -4.50. The summed E-state index contributed by atoms with van der Waals surface area (Å²) in [5.74, 6) is -0.333. The zero-order chi connectivity index (χ0) is 14.1. The normalized spacial score (nSPS) is 12.4. The summed E-state index contributed by atoms with van der Waals surface area (Å²) in [5.41, 5.74) is 4.64. The number of hydrogen-bond donors (Lipinski definition) is 1. The Labute approximate surface area is 104 Å². The van der Waals surface area contributed by atoms with Crippen molar-refractivity contribution in [2.24, 2.45) is 5.73 Å². The van der Waals surface area contributed by atoms with E-state index in [-0.39, 0.29) is 11.5 Å². The molecule has 6 heteroatoms. The summed E-state index contributed by atoms with van der Waals surface area (Å²) in [4.78, 5) is 0. The molecule has 1 aromatic rings. The van der Waals surface area contributed by atoms with Crippen LogP contribution >= 0.6 is 0 Å². The lowest BCUT2D eigenvalue weighted by Gasteiger charge is -2.25. The highest BCUT2D eigenvalue weighted by Gasteiger charge is 2.37. The summed E-state index contributed by atoms with van der Waals surface area (Å²) in [6.07, 6.45) is -4.50. The molecule has 1 aromatic carbocycles. The number of methoxy groups -OCH3 is 2. The first-order valence-electron chi connectivity index (χ1n) is 5.24. The van der Waals surface area contributed by atoms with Crippen LogP contribution in [0.5, 0.6) is 11.5 Å². The van der Waals surface area contributed by atoms with Gasteiger partial charge in [-0.25, -0.2) is 0 Å². The topological polar surface area (TPSA) is 44.5 Å². The maximum atomic E-state index is 12.8. The van der Waals surface area contributed by atoms with Crippen LogP contribution in [0.1, 0.15) is 25.0 Å². The van der Waals surface area contributed by atoms with Crippen molar-refractivity contribution < 1.29 is 22.6 Å². The quantitative estimate of drug-likeness (QED) is 0.912. The molecule has 0 aromatic heterocycles. The molecule has 2 N–H and O–H groups in total. The van der Waals surface area contributed by atoms with Gasteiger partial charge in [-0.2, -0.15) is 13.2 Å². The SMILES string of the molecule is COc1c(C(C)(C)N)ccc(C(F)(F)F)c1OC. The fourth-order valence-electron chi connectivity index (χ4n) is 1.70. The molecular formula is C12H16F3NO2. The van der Waals surface area contributed by atoms with Gasteiger partial charge in [-0.05, 0) is 19.9 Å². The molecule has 0 heterocycles. The molecule has 0 fully saturated rings. The van der Waals surface area contributed by atoms with Crippen LogP contribution in [0.15, 0.2) is 12.1 Å². The monoisotopic (exact) mass is 263 g/mol. The number of ether oxygens (including phenoxy) is 2. The smallest absolute Gasteiger partial charge is 0.420 e. The van der Waals surface area contributed by atoms with Gasteiger partial charge in [-0.3, -0.25) is 0 Å². The Morgan fingerprint density at radius 3 is 1.67 bits per heavy atom. The molecule has 0 amide bonds. The van der Waals surface area contributed by atoms with Crippen LogP contribution in [0.4, 0.5) is 13.2 Å². The van der Waals surface area contributed by atoms with E-state index in [1.807, 2.05) is 0 Å². The van der Waals surface area contributed by atoms with Gasteiger partial charge in [0.25, 0.3) is 0 Å². The number of alkyl halides is 3. The minimum absolute atomic E-state index is 0.0137. The maximum absolute atomic E-state index is 12.8. The third-order valence-corrected chi connectivity index (χ3v) is 2.52. The number of benzene rings is 1. The highest BCUT2D eigenvalue weighted by atomic mass is 19.4.